The van der Waals surface area contributed by atoms with Gasteiger partial charge in [-0.15, -0.1) is 0 Å². The molecule has 0 aliphatic heterocycles. The number of phenols is 1. The van der Waals surface area contributed by atoms with E-state index < -0.39 is 17.9 Å². The van der Waals surface area contributed by atoms with Gasteiger partial charge in [-0.1, -0.05) is 47.5 Å². The zero-order valence-electron chi connectivity index (χ0n) is 16.9. The predicted octanol–water partition coefficient (Wildman–Crippen LogP) is 6.01. The summed E-state index contributed by atoms with van der Waals surface area (Å²) < 4.78 is 1.23. The Hall–Kier alpha value is -1.76. The van der Waals surface area contributed by atoms with E-state index in [2.05, 4.69) is 10.6 Å². The van der Waals surface area contributed by atoms with Crippen LogP contribution in [0.15, 0.2) is 54.6 Å². The van der Waals surface area contributed by atoms with Crippen LogP contribution in [0.3, 0.4) is 0 Å². The fraction of sp³-hybridized carbons (Fsp3) is 0.130. The standard InChI is InChI=1S/C23H18Cl2I2N2O4/c24-14-5-3-6-15(25)21(14)29-18-7-2-1-4-13(18)11-20(30)28-19(23(32)33)10-12-8-16(26)22(31)17(27)9-12/h1-9,19,29,31H,10-11H2,(H,28,30)(H,32,33)/t19-/m0/s1. The highest BCUT2D eigenvalue weighted by molar-refractivity contribution is 14.1. The van der Waals surface area contributed by atoms with Crippen molar-refractivity contribution in [1.29, 1.82) is 0 Å². The first-order chi connectivity index (χ1) is 15.7. The summed E-state index contributed by atoms with van der Waals surface area (Å²) in [5.74, 6) is -1.43. The molecule has 0 radical (unpaired) electrons. The third kappa shape index (κ3) is 6.87. The van der Waals surface area contributed by atoms with Crippen molar-refractivity contribution < 1.29 is 19.8 Å². The number of nitrogens with one attached hydrogen (secondary N) is 2. The first kappa shape index (κ1) is 25.9. The number of carboxylic acids is 1. The molecule has 1 amide bonds. The van der Waals surface area contributed by atoms with Crippen LogP contribution in [-0.4, -0.2) is 28.1 Å². The van der Waals surface area contributed by atoms with Crippen molar-refractivity contribution in [2.75, 3.05) is 5.32 Å². The molecule has 0 aliphatic carbocycles. The maximum atomic E-state index is 12.7. The van der Waals surface area contributed by atoms with E-state index in [1.807, 2.05) is 51.2 Å². The Bertz CT molecular complexity index is 1160. The van der Waals surface area contributed by atoms with Crippen LogP contribution in [0.4, 0.5) is 11.4 Å². The van der Waals surface area contributed by atoms with Crippen molar-refractivity contribution in [3.05, 3.63) is 82.9 Å². The van der Waals surface area contributed by atoms with Crippen molar-refractivity contribution in [1.82, 2.24) is 5.32 Å². The largest absolute Gasteiger partial charge is 0.506 e. The number of rotatable bonds is 8. The quantitative estimate of drug-likeness (QED) is 0.215. The number of anilines is 2. The molecule has 0 heterocycles. The minimum absolute atomic E-state index is 0.0420. The Labute approximate surface area is 228 Å². The Morgan fingerprint density at radius 1 is 0.970 bits per heavy atom. The second kappa shape index (κ2) is 11.6. The zero-order chi connectivity index (χ0) is 24.1. The van der Waals surface area contributed by atoms with Gasteiger partial charge >= 0.3 is 5.97 Å². The van der Waals surface area contributed by atoms with Gasteiger partial charge in [-0.3, -0.25) is 4.79 Å². The van der Waals surface area contributed by atoms with Crippen LogP contribution in [0.2, 0.25) is 10.0 Å². The van der Waals surface area contributed by atoms with Gasteiger partial charge in [-0.25, -0.2) is 4.79 Å². The Morgan fingerprint density at radius 2 is 1.58 bits per heavy atom. The molecule has 1 atom stereocenters. The zero-order valence-corrected chi connectivity index (χ0v) is 22.7. The number of amides is 1. The molecule has 0 saturated carbocycles. The number of halogens is 4. The molecule has 3 rings (SSSR count). The molecule has 10 heteroatoms. The number of carbonyl (C=O) groups is 2. The van der Waals surface area contributed by atoms with Crippen LogP contribution in [0.25, 0.3) is 0 Å². The van der Waals surface area contributed by atoms with Gasteiger partial charge in [-0.05, 0) is 86.6 Å². The SMILES string of the molecule is O=C(Cc1ccccc1Nc1c(Cl)cccc1Cl)N[C@@H](Cc1cc(I)c(O)c(I)c1)C(=O)O. The number of aliphatic carboxylic acids is 1. The van der Waals surface area contributed by atoms with Gasteiger partial charge < -0.3 is 20.8 Å². The second-order valence-corrected chi connectivity index (χ2v) is 10.3. The van der Waals surface area contributed by atoms with Crippen molar-refractivity contribution in [3.63, 3.8) is 0 Å². The molecule has 0 aromatic heterocycles. The predicted molar refractivity (Wildman–Crippen MR) is 147 cm³/mol. The van der Waals surface area contributed by atoms with E-state index >= 15 is 0 Å². The minimum atomic E-state index is -1.14. The average Bonchev–Trinajstić information content (AvgIpc) is 2.75. The summed E-state index contributed by atoms with van der Waals surface area (Å²) in [6, 6.07) is 14.6. The third-order valence-electron chi connectivity index (χ3n) is 4.74. The highest BCUT2D eigenvalue weighted by Crippen LogP contribution is 2.33. The van der Waals surface area contributed by atoms with E-state index in [0.29, 0.717) is 39.7 Å². The first-order valence-corrected chi connectivity index (χ1v) is 12.5. The summed E-state index contributed by atoms with van der Waals surface area (Å²) in [6.45, 7) is 0. The van der Waals surface area contributed by atoms with Gasteiger partial charge in [0, 0.05) is 12.1 Å². The summed E-state index contributed by atoms with van der Waals surface area (Å²) in [6.07, 6.45) is 0.0438. The van der Waals surface area contributed by atoms with Crippen LogP contribution < -0.4 is 10.6 Å². The topological polar surface area (TPSA) is 98.7 Å². The van der Waals surface area contributed by atoms with Crippen LogP contribution in [0.1, 0.15) is 11.1 Å². The van der Waals surface area contributed by atoms with E-state index in [1.54, 1.807) is 48.5 Å². The Morgan fingerprint density at radius 3 is 2.18 bits per heavy atom. The van der Waals surface area contributed by atoms with Gasteiger partial charge in [0.05, 0.1) is 29.3 Å². The van der Waals surface area contributed by atoms with E-state index in [-0.39, 0.29) is 18.6 Å². The van der Waals surface area contributed by atoms with Crippen LogP contribution in [0, 0.1) is 7.14 Å². The number of para-hydroxylation sites is 2. The van der Waals surface area contributed by atoms with Gasteiger partial charge in [-0.2, -0.15) is 0 Å². The van der Waals surface area contributed by atoms with Crippen LogP contribution in [-0.2, 0) is 22.4 Å². The van der Waals surface area contributed by atoms with Crippen LogP contribution >= 0.6 is 68.4 Å². The summed E-state index contributed by atoms with van der Waals surface area (Å²) in [4.78, 5) is 24.5. The number of hydrogen-bond donors (Lipinski definition) is 4. The molecule has 0 fully saturated rings. The maximum absolute atomic E-state index is 12.7. The summed E-state index contributed by atoms with van der Waals surface area (Å²) in [5.41, 5.74) is 2.51. The second-order valence-electron chi connectivity index (χ2n) is 7.13. The number of carboxylic acid groups (broad SMARTS) is 1. The lowest BCUT2D eigenvalue weighted by Crippen LogP contribution is -2.43. The van der Waals surface area contributed by atoms with Crippen LogP contribution in [0.5, 0.6) is 5.75 Å². The number of benzene rings is 3. The number of carbonyl (C=O) groups excluding carboxylic acids is 1. The van der Waals surface area contributed by atoms with E-state index in [1.165, 1.54) is 0 Å². The highest BCUT2D eigenvalue weighted by Gasteiger charge is 2.22. The Balaban J connectivity index is 1.75. The smallest absolute Gasteiger partial charge is 0.326 e. The van der Waals surface area contributed by atoms with Crippen molar-refractivity contribution in [2.45, 2.75) is 18.9 Å². The molecule has 172 valence electrons. The molecule has 33 heavy (non-hydrogen) atoms. The number of hydrogen-bond acceptors (Lipinski definition) is 4. The summed E-state index contributed by atoms with van der Waals surface area (Å²) >= 11 is 16.4. The lowest BCUT2D eigenvalue weighted by atomic mass is 10.0. The molecular weight excluding hydrogens is 693 g/mol. The van der Waals surface area contributed by atoms with Gasteiger partial charge in [0.25, 0.3) is 0 Å². The molecule has 3 aromatic rings. The van der Waals surface area contributed by atoms with E-state index in [9.17, 15) is 19.8 Å². The lowest BCUT2D eigenvalue weighted by molar-refractivity contribution is -0.141. The normalized spacial score (nSPS) is 11.6. The molecule has 3 aromatic carbocycles. The van der Waals surface area contributed by atoms with Gasteiger partial charge in [0.2, 0.25) is 5.91 Å². The molecule has 6 nitrogen and oxygen atoms in total. The molecule has 0 bridgehead atoms. The minimum Gasteiger partial charge on any atom is -0.506 e. The van der Waals surface area contributed by atoms with Crippen molar-refractivity contribution in [3.8, 4) is 5.75 Å². The molecule has 0 unspecified atom stereocenters. The number of aromatic hydroxyl groups is 1. The molecule has 0 saturated heterocycles. The molecule has 0 spiro atoms. The summed E-state index contributed by atoms with van der Waals surface area (Å²) in [7, 11) is 0. The average molecular weight is 711 g/mol. The first-order valence-electron chi connectivity index (χ1n) is 9.63. The molecule has 0 aliphatic rings. The van der Waals surface area contributed by atoms with Crippen molar-refractivity contribution in [2.24, 2.45) is 0 Å². The summed E-state index contributed by atoms with van der Waals surface area (Å²) in [5, 5.41) is 26.2. The molecular formula is C23H18Cl2I2N2O4. The maximum Gasteiger partial charge on any atom is 0.326 e. The third-order valence-corrected chi connectivity index (χ3v) is 7.02. The van der Waals surface area contributed by atoms with Gasteiger partial charge in [0.15, 0.2) is 0 Å². The van der Waals surface area contributed by atoms with E-state index in [4.69, 9.17) is 23.2 Å². The number of phenolic OH excluding ortho intramolecular Hbond substituents is 1. The Kier molecular flexibility index (Phi) is 9.08. The van der Waals surface area contributed by atoms with Gasteiger partial charge in [0.1, 0.15) is 11.8 Å². The van der Waals surface area contributed by atoms with Crippen molar-refractivity contribution >= 4 is 91.6 Å². The highest BCUT2D eigenvalue weighted by atomic mass is 127. The fourth-order valence-corrected chi connectivity index (χ4v) is 5.53. The fourth-order valence-electron chi connectivity index (χ4n) is 3.14. The monoisotopic (exact) mass is 710 g/mol. The lowest BCUT2D eigenvalue weighted by Gasteiger charge is -2.17. The van der Waals surface area contributed by atoms with E-state index in [0.717, 1.165) is 0 Å². The molecule has 4 N–H and O–H groups in total.